The number of hydrogen-bond acceptors (Lipinski definition) is 6. The zero-order valence-electron chi connectivity index (χ0n) is 14.6. The maximum atomic E-state index is 11.8. The zero-order chi connectivity index (χ0) is 18.8. The quantitative estimate of drug-likeness (QED) is 0.438. The fourth-order valence-corrected chi connectivity index (χ4v) is 2.80. The van der Waals surface area contributed by atoms with Crippen molar-refractivity contribution in [3.8, 4) is 5.75 Å². The van der Waals surface area contributed by atoms with E-state index in [1.54, 1.807) is 31.4 Å². The van der Waals surface area contributed by atoms with Crippen LogP contribution in [0, 0.1) is 0 Å². The maximum Gasteiger partial charge on any atom is 0.337 e. The van der Waals surface area contributed by atoms with Gasteiger partial charge in [-0.2, -0.15) is 5.10 Å². The average molecular weight is 372 g/mol. The van der Waals surface area contributed by atoms with Crippen LogP contribution in [0.15, 0.2) is 53.6 Å². The first-order chi connectivity index (χ1) is 12.6. The Balaban J connectivity index is 1.72. The topological polar surface area (TPSA) is 77.0 Å². The molecule has 1 amide bonds. The standard InChI is InChI=1S/C19H20N2O4S/c1-24-17-9-5-15(6-10-17)12-26-13-18(22)21-20-11-14-3-7-16(8-4-14)19(23)25-2/h3-11H,12-13H2,1-2H3,(H,21,22)/b20-11+. The fourth-order valence-electron chi connectivity index (χ4n) is 2.02. The van der Waals surface area contributed by atoms with Crippen molar-refractivity contribution in [3.63, 3.8) is 0 Å². The van der Waals surface area contributed by atoms with Crippen molar-refractivity contribution in [1.29, 1.82) is 0 Å². The van der Waals surface area contributed by atoms with Crippen LogP contribution in [0.25, 0.3) is 0 Å². The van der Waals surface area contributed by atoms with Gasteiger partial charge in [0.05, 0.1) is 31.8 Å². The van der Waals surface area contributed by atoms with E-state index in [9.17, 15) is 9.59 Å². The van der Waals surface area contributed by atoms with Gasteiger partial charge in [-0.05, 0) is 35.4 Å². The van der Waals surface area contributed by atoms with Gasteiger partial charge in [0.2, 0.25) is 5.91 Å². The summed E-state index contributed by atoms with van der Waals surface area (Å²) in [4.78, 5) is 23.1. The summed E-state index contributed by atoms with van der Waals surface area (Å²) >= 11 is 1.50. The number of nitrogens with one attached hydrogen (secondary N) is 1. The summed E-state index contributed by atoms with van der Waals surface area (Å²) in [7, 11) is 2.96. The normalized spacial score (nSPS) is 10.5. The first kappa shape index (κ1) is 19.5. The van der Waals surface area contributed by atoms with Crippen molar-refractivity contribution in [3.05, 3.63) is 65.2 Å². The molecule has 2 aromatic carbocycles. The largest absolute Gasteiger partial charge is 0.497 e. The Hall–Kier alpha value is -2.80. The highest BCUT2D eigenvalue weighted by Crippen LogP contribution is 2.16. The van der Waals surface area contributed by atoms with Gasteiger partial charge in [-0.1, -0.05) is 24.3 Å². The molecule has 0 aliphatic heterocycles. The third kappa shape index (κ3) is 6.25. The monoisotopic (exact) mass is 372 g/mol. The second kappa shape index (κ2) is 10.2. The molecule has 2 rings (SSSR count). The van der Waals surface area contributed by atoms with Crippen LogP contribution in [-0.4, -0.2) is 38.1 Å². The number of benzene rings is 2. The first-order valence-corrected chi connectivity index (χ1v) is 8.99. The van der Waals surface area contributed by atoms with E-state index >= 15 is 0 Å². The molecule has 0 heterocycles. The molecule has 0 atom stereocenters. The van der Waals surface area contributed by atoms with Crippen molar-refractivity contribution in [2.75, 3.05) is 20.0 Å². The molecule has 7 heteroatoms. The lowest BCUT2D eigenvalue weighted by Gasteiger charge is -2.03. The zero-order valence-corrected chi connectivity index (χ0v) is 15.4. The molecule has 0 spiro atoms. The van der Waals surface area contributed by atoms with Crippen LogP contribution in [0.5, 0.6) is 5.75 Å². The number of hydrazone groups is 1. The maximum absolute atomic E-state index is 11.8. The molecule has 0 aromatic heterocycles. The van der Waals surface area contributed by atoms with Gasteiger partial charge in [0.15, 0.2) is 0 Å². The van der Waals surface area contributed by atoms with Crippen molar-refractivity contribution >= 4 is 29.9 Å². The van der Waals surface area contributed by atoms with E-state index in [4.69, 9.17) is 4.74 Å². The number of methoxy groups -OCH3 is 2. The molecular formula is C19H20N2O4S. The minimum Gasteiger partial charge on any atom is -0.497 e. The van der Waals surface area contributed by atoms with Crippen LogP contribution in [0.1, 0.15) is 21.5 Å². The molecule has 0 saturated carbocycles. The molecule has 0 bridgehead atoms. The molecule has 2 aromatic rings. The van der Waals surface area contributed by atoms with E-state index in [0.717, 1.165) is 22.6 Å². The van der Waals surface area contributed by atoms with Crippen molar-refractivity contribution < 1.29 is 19.1 Å². The molecule has 0 aliphatic rings. The number of carbonyl (C=O) groups excluding carboxylic acids is 2. The Bertz CT molecular complexity index is 758. The summed E-state index contributed by atoms with van der Waals surface area (Å²) in [6, 6.07) is 14.5. The van der Waals surface area contributed by atoms with Crippen LogP contribution >= 0.6 is 11.8 Å². The predicted octanol–water partition coefficient (Wildman–Crippen LogP) is 2.87. The van der Waals surface area contributed by atoms with E-state index in [-0.39, 0.29) is 5.91 Å². The second-order valence-corrected chi connectivity index (χ2v) is 6.23. The predicted molar refractivity (Wildman–Crippen MR) is 103 cm³/mol. The number of ether oxygens (including phenoxy) is 2. The highest BCUT2D eigenvalue weighted by Gasteiger charge is 2.04. The van der Waals surface area contributed by atoms with Gasteiger partial charge in [-0.25, -0.2) is 10.2 Å². The van der Waals surface area contributed by atoms with Crippen LogP contribution < -0.4 is 10.2 Å². The highest BCUT2D eigenvalue weighted by atomic mass is 32.2. The van der Waals surface area contributed by atoms with Gasteiger partial charge in [0.1, 0.15) is 5.75 Å². The second-order valence-electron chi connectivity index (χ2n) is 5.25. The molecule has 1 N–H and O–H groups in total. The molecule has 136 valence electrons. The van der Waals surface area contributed by atoms with Crippen LogP contribution in [-0.2, 0) is 15.3 Å². The third-order valence-electron chi connectivity index (χ3n) is 3.40. The van der Waals surface area contributed by atoms with Gasteiger partial charge in [0, 0.05) is 5.75 Å². The number of amides is 1. The van der Waals surface area contributed by atoms with Crippen molar-refractivity contribution in [1.82, 2.24) is 5.43 Å². The fraction of sp³-hybridized carbons (Fsp3) is 0.211. The molecule has 0 aliphatic carbocycles. The highest BCUT2D eigenvalue weighted by molar-refractivity contribution is 7.99. The van der Waals surface area contributed by atoms with Gasteiger partial charge < -0.3 is 9.47 Å². The number of thioether (sulfide) groups is 1. The molecule has 0 saturated heterocycles. The summed E-state index contributed by atoms with van der Waals surface area (Å²) in [5.41, 5.74) is 4.83. The molecule has 6 nitrogen and oxygen atoms in total. The molecule has 0 radical (unpaired) electrons. The molecule has 0 unspecified atom stereocenters. The van der Waals surface area contributed by atoms with Gasteiger partial charge in [-0.15, -0.1) is 11.8 Å². The van der Waals surface area contributed by atoms with E-state index in [1.165, 1.54) is 25.1 Å². The van der Waals surface area contributed by atoms with Gasteiger partial charge in [0.25, 0.3) is 0 Å². The SMILES string of the molecule is COC(=O)c1ccc(/C=N/NC(=O)CSCc2ccc(OC)cc2)cc1. The lowest BCUT2D eigenvalue weighted by Crippen LogP contribution is -2.19. The van der Waals surface area contributed by atoms with E-state index in [2.05, 4.69) is 15.3 Å². The smallest absolute Gasteiger partial charge is 0.337 e. The van der Waals surface area contributed by atoms with Crippen LogP contribution in [0.4, 0.5) is 0 Å². The Labute approximate surface area is 156 Å². The van der Waals surface area contributed by atoms with Crippen LogP contribution in [0.3, 0.4) is 0 Å². The summed E-state index contributed by atoms with van der Waals surface area (Å²) in [5, 5.41) is 3.91. The number of rotatable bonds is 8. The summed E-state index contributed by atoms with van der Waals surface area (Å²) in [6.45, 7) is 0. The Morgan fingerprint density at radius 3 is 2.38 bits per heavy atom. The summed E-state index contributed by atoms with van der Waals surface area (Å²) in [5.74, 6) is 1.29. The lowest BCUT2D eigenvalue weighted by molar-refractivity contribution is -0.118. The molecule has 0 fully saturated rings. The average Bonchev–Trinajstić information content (AvgIpc) is 2.68. The Morgan fingerprint density at radius 2 is 1.77 bits per heavy atom. The first-order valence-electron chi connectivity index (χ1n) is 7.83. The minimum atomic E-state index is -0.393. The van der Waals surface area contributed by atoms with Gasteiger partial charge >= 0.3 is 5.97 Å². The minimum absolute atomic E-state index is 0.175. The molecular weight excluding hydrogens is 352 g/mol. The Morgan fingerprint density at radius 1 is 1.08 bits per heavy atom. The van der Waals surface area contributed by atoms with Gasteiger partial charge in [-0.3, -0.25) is 4.79 Å². The van der Waals surface area contributed by atoms with E-state index in [0.29, 0.717) is 11.3 Å². The number of carbonyl (C=O) groups is 2. The summed E-state index contributed by atoms with van der Waals surface area (Å²) < 4.78 is 9.74. The Kier molecular flexibility index (Phi) is 7.70. The van der Waals surface area contributed by atoms with E-state index in [1.807, 2.05) is 24.3 Å². The number of nitrogens with zero attached hydrogens (tertiary/aromatic N) is 1. The number of hydrogen-bond donors (Lipinski definition) is 1. The number of esters is 1. The third-order valence-corrected chi connectivity index (χ3v) is 4.40. The molecule has 26 heavy (non-hydrogen) atoms. The van der Waals surface area contributed by atoms with E-state index < -0.39 is 5.97 Å². The van der Waals surface area contributed by atoms with Crippen molar-refractivity contribution in [2.24, 2.45) is 5.10 Å². The van der Waals surface area contributed by atoms with Crippen LogP contribution in [0.2, 0.25) is 0 Å². The van der Waals surface area contributed by atoms with Crippen molar-refractivity contribution in [2.45, 2.75) is 5.75 Å². The summed E-state index contributed by atoms with van der Waals surface area (Å²) in [6.07, 6.45) is 1.52. The lowest BCUT2D eigenvalue weighted by atomic mass is 10.1.